The summed E-state index contributed by atoms with van der Waals surface area (Å²) in [6.07, 6.45) is 0.766. The van der Waals surface area contributed by atoms with Gasteiger partial charge >= 0.3 is 0 Å². The molecular weight excluding hydrogens is 118 g/mol. The number of hydrogen-bond donors (Lipinski definition) is 2. The summed E-state index contributed by atoms with van der Waals surface area (Å²) in [6, 6.07) is 0. The van der Waals surface area contributed by atoms with E-state index in [9.17, 15) is 0 Å². The van der Waals surface area contributed by atoms with Crippen LogP contribution >= 0.6 is 0 Å². The minimum Gasteiger partial charge on any atom is -0.494 e. The summed E-state index contributed by atoms with van der Waals surface area (Å²) < 4.78 is 1.38. The molecule has 1 heterocycles. The molecule has 2 rings (SSSR count). The zero-order valence-corrected chi connectivity index (χ0v) is 5.05. The molecule has 1 aromatic heterocycles. The summed E-state index contributed by atoms with van der Waals surface area (Å²) in [5.74, 6) is 0.421. The number of nitrogens with zero attached hydrogens (tertiary/aromatic N) is 1. The van der Waals surface area contributed by atoms with Crippen LogP contribution in [0.5, 0.6) is 11.8 Å². The minimum absolute atomic E-state index is 0.211. The van der Waals surface area contributed by atoms with Crippen LogP contribution in [-0.2, 0) is 13.5 Å². The Kier molecular flexibility index (Phi) is 0.565. The summed E-state index contributed by atoms with van der Waals surface area (Å²) in [7, 11) is 1.64. The second-order valence-corrected chi connectivity index (χ2v) is 2.34. The summed E-state index contributed by atoms with van der Waals surface area (Å²) in [5.41, 5.74) is 1.80. The van der Waals surface area contributed by atoms with E-state index in [0.717, 1.165) is 17.5 Å². The zero-order chi connectivity index (χ0) is 6.59. The average molecular weight is 125 g/mol. The molecule has 0 unspecified atom stereocenters. The molecule has 0 spiro atoms. The molecule has 0 bridgehead atoms. The van der Waals surface area contributed by atoms with Crippen molar-refractivity contribution in [1.82, 2.24) is 4.57 Å². The second-order valence-electron chi connectivity index (χ2n) is 2.34. The molecule has 0 saturated heterocycles. The molecule has 2 N–H and O–H groups in total. The number of rotatable bonds is 0. The first-order valence-corrected chi connectivity index (χ1v) is 2.80. The van der Waals surface area contributed by atoms with Gasteiger partial charge in [0.1, 0.15) is 0 Å². The van der Waals surface area contributed by atoms with Gasteiger partial charge in [0, 0.05) is 24.6 Å². The van der Waals surface area contributed by atoms with Crippen molar-refractivity contribution in [2.24, 2.45) is 7.05 Å². The van der Waals surface area contributed by atoms with Crippen LogP contribution in [0, 0.1) is 0 Å². The maximum atomic E-state index is 9.08. The maximum Gasteiger partial charge on any atom is 0.197 e. The molecule has 0 fully saturated rings. The molecule has 0 atom stereocenters. The molecule has 0 aliphatic heterocycles. The fraction of sp³-hybridized carbons (Fsp3) is 0.333. The van der Waals surface area contributed by atoms with Crippen LogP contribution < -0.4 is 0 Å². The van der Waals surface area contributed by atoms with E-state index < -0.39 is 0 Å². The Morgan fingerprint density at radius 2 is 1.67 bits per heavy atom. The Morgan fingerprint density at radius 3 is 1.89 bits per heavy atom. The third-order valence-electron chi connectivity index (χ3n) is 1.77. The lowest BCUT2D eigenvalue weighted by Gasteiger charge is -1.97. The normalized spacial score (nSPS) is 13.4. The van der Waals surface area contributed by atoms with E-state index in [-0.39, 0.29) is 11.8 Å². The van der Waals surface area contributed by atoms with E-state index in [2.05, 4.69) is 0 Å². The van der Waals surface area contributed by atoms with Crippen LogP contribution in [0.3, 0.4) is 0 Å². The number of aromatic hydroxyl groups is 2. The van der Waals surface area contributed by atoms with Crippen molar-refractivity contribution in [3.63, 3.8) is 0 Å². The van der Waals surface area contributed by atoms with Gasteiger partial charge in [-0.15, -0.1) is 0 Å². The standard InChI is InChI=1S/C6H7NO2/c1-7-5(8)3-2-4(3)6(7)9/h8-9H,2H2,1H3. The molecule has 0 amide bonds. The molecule has 1 aromatic rings. The highest BCUT2D eigenvalue weighted by atomic mass is 16.3. The topological polar surface area (TPSA) is 45.4 Å². The van der Waals surface area contributed by atoms with Gasteiger partial charge in [0.15, 0.2) is 11.8 Å². The SMILES string of the molecule is Cn1c(O)c2c(c1O)C2. The van der Waals surface area contributed by atoms with Crippen LogP contribution in [0.25, 0.3) is 0 Å². The maximum absolute atomic E-state index is 9.08. The first kappa shape index (κ1) is 4.73. The second kappa shape index (κ2) is 1.07. The first-order chi connectivity index (χ1) is 4.22. The Hall–Kier alpha value is -1.12. The van der Waals surface area contributed by atoms with Crippen molar-refractivity contribution < 1.29 is 10.2 Å². The first-order valence-electron chi connectivity index (χ1n) is 2.80. The van der Waals surface area contributed by atoms with E-state index in [4.69, 9.17) is 10.2 Å². The van der Waals surface area contributed by atoms with Crippen molar-refractivity contribution in [2.75, 3.05) is 0 Å². The van der Waals surface area contributed by atoms with Gasteiger partial charge in [-0.1, -0.05) is 0 Å². The largest absolute Gasteiger partial charge is 0.494 e. The van der Waals surface area contributed by atoms with Gasteiger partial charge in [0.25, 0.3) is 0 Å². The van der Waals surface area contributed by atoms with E-state index in [0.29, 0.717) is 0 Å². The number of aromatic nitrogens is 1. The summed E-state index contributed by atoms with van der Waals surface area (Å²) in [5, 5.41) is 18.2. The van der Waals surface area contributed by atoms with Gasteiger partial charge in [-0.05, 0) is 0 Å². The summed E-state index contributed by atoms with van der Waals surface area (Å²) in [4.78, 5) is 0. The van der Waals surface area contributed by atoms with E-state index in [1.807, 2.05) is 0 Å². The Balaban J connectivity index is 2.74. The lowest BCUT2D eigenvalue weighted by Crippen LogP contribution is -1.86. The van der Waals surface area contributed by atoms with E-state index in [1.54, 1.807) is 7.05 Å². The lowest BCUT2D eigenvalue weighted by atomic mass is 10.6. The molecule has 3 nitrogen and oxygen atoms in total. The molecular formula is C6H7NO2. The minimum atomic E-state index is 0.211. The molecule has 48 valence electrons. The Morgan fingerprint density at radius 1 is 1.22 bits per heavy atom. The number of hydrogen-bond acceptors (Lipinski definition) is 2. The molecule has 1 aliphatic carbocycles. The molecule has 3 heteroatoms. The van der Waals surface area contributed by atoms with Crippen LogP contribution in [0.15, 0.2) is 0 Å². The molecule has 1 aliphatic rings. The van der Waals surface area contributed by atoms with Crippen LogP contribution in [0.4, 0.5) is 0 Å². The van der Waals surface area contributed by atoms with Crippen molar-refractivity contribution in [1.29, 1.82) is 0 Å². The smallest absolute Gasteiger partial charge is 0.197 e. The van der Waals surface area contributed by atoms with E-state index in [1.165, 1.54) is 4.57 Å². The predicted molar refractivity (Wildman–Crippen MR) is 31.5 cm³/mol. The van der Waals surface area contributed by atoms with Crippen molar-refractivity contribution in [3.05, 3.63) is 11.1 Å². The quantitative estimate of drug-likeness (QED) is 0.533. The van der Waals surface area contributed by atoms with Gasteiger partial charge in [-0.3, -0.25) is 4.57 Å². The fourth-order valence-corrected chi connectivity index (χ4v) is 1.07. The van der Waals surface area contributed by atoms with Gasteiger partial charge in [-0.2, -0.15) is 0 Å². The highest BCUT2D eigenvalue weighted by Gasteiger charge is 2.31. The summed E-state index contributed by atoms with van der Waals surface area (Å²) in [6.45, 7) is 0. The van der Waals surface area contributed by atoms with Crippen molar-refractivity contribution >= 4 is 0 Å². The highest BCUT2D eigenvalue weighted by Crippen LogP contribution is 2.45. The molecule has 0 saturated carbocycles. The van der Waals surface area contributed by atoms with Gasteiger partial charge in [0.05, 0.1) is 0 Å². The molecule has 0 aromatic carbocycles. The lowest BCUT2D eigenvalue weighted by molar-refractivity contribution is 0.380. The molecule has 9 heavy (non-hydrogen) atoms. The Labute approximate surface area is 52.2 Å². The third kappa shape index (κ3) is 0.376. The summed E-state index contributed by atoms with van der Waals surface area (Å²) >= 11 is 0. The van der Waals surface area contributed by atoms with Crippen LogP contribution in [0.1, 0.15) is 11.1 Å². The third-order valence-corrected chi connectivity index (χ3v) is 1.77. The highest BCUT2D eigenvalue weighted by molar-refractivity contribution is 5.59. The zero-order valence-electron chi connectivity index (χ0n) is 5.05. The van der Waals surface area contributed by atoms with Gasteiger partial charge in [-0.25, -0.2) is 0 Å². The average Bonchev–Trinajstić information content (AvgIpc) is 2.56. The van der Waals surface area contributed by atoms with Crippen LogP contribution in [-0.4, -0.2) is 14.8 Å². The van der Waals surface area contributed by atoms with Gasteiger partial charge < -0.3 is 10.2 Å². The van der Waals surface area contributed by atoms with E-state index >= 15 is 0 Å². The number of fused-ring (bicyclic) bond motifs is 1. The van der Waals surface area contributed by atoms with Gasteiger partial charge in [0.2, 0.25) is 0 Å². The Bertz CT molecular complexity index is 244. The van der Waals surface area contributed by atoms with Crippen LogP contribution in [0.2, 0.25) is 0 Å². The van der Waals surface area contributed by atoms with Crippen molar-refractivity contribution in [2.45, 2.75) is 6.42 Å². The predicted octanol–water partition coefficient (Wildman–Crippen LogP) is 0.340. The van der Waals surface area contributed by atoms with Crippen molar-refractivity contribution in [3.8, 4) is 11.8 Å². The molecule has 0 radical (unpaired) electrons. The monoisotopic (exact) mass is 125 g/mol. The fourth-order valence-electron chi connectivity index (χ4n) is 1.07.